The smallest absolute Gasteiger partial charge is 0.309 e. The molecule has 0 fully saturated rings. The molecule has 6 nitrogen and oxygen atoms in total. The van der Waals surface area contributed by atoms with Gasteiger partial charge in [0.05, 0.1) is 14.2 Å². The highest BCUT2D eigenvalue weighted by atomic mass is 16.5. The van der Waals surface area contributed by atoms with Crippen LogP contribution in [0.25, 0.3) is 0 Å². The molecule has 0 aromatic heterocycles. The molecule has 0 atom stereocenters. The fourth-order valence-electron chi connectivity index (χ4n) is 2.34. The number of amides is 2. The number of carbonyl (C=O) groups is 2. The number of benzene rings is 2. The summed E-state index contributed by atoms with van der Waals surface area (Å²) in [6.45, 7) is 2.50. The number of methoxy groups -OCH3 is 2. The van der Waals surface area contributed by atoms with Gasteiger partial charge >= 0.3 is 11.8 Å². The third-order valence-corrected chi connectivity index (χ3v) is 3.64. The van der Waals surface area contributed by atoms with Crippen LogP contribution in [0.15, 0.2) is 42.5 Å². The number of carbonyl (C=O) groups excluding carboxylic acids is 2. The number of hydrogen-bond donors (Lipinski definition) is 2. The molecule has 0 radical (unpaired) electrons. The number of hydrogen-bond acceptors (Lipinski definition) is 4. The molecule has 25 heavy (non-hydrogen) atoms. The van der Waals surface area contributed by atoms with E-state index in [9.17, 15) is 9.59 Å². The van der Waals surface area contributed by atoms with Crippen molar-refractivity contribution in [2.24, 2.45) is 0 Å². The quantitative estimate of drug-likeness (QED) is 0.787. The van der Waals surface area contributed by atoms with Crippen LogP contribution in [0.4, 0.5) is 0 Å². The molecule has 0 bridgehead atoms. The summed E-state index contributed by atoms with van der Waals surface area (Å²) < 4.78 is 10.4. The van der Waals surface area contributed by atoms with Crippen molar-refractivity contribution in [2.45, 2.75) is 20.0 Å². The molecule has 2 N–H and O–H groups in total. The van der Waals surface area contributed by atoms with E-state index in [4.69, 9.17) is 9.47 Å². The number of rotatable bonds is 6. The van der Waals surface area contributed by atoms with E-state index in [0.717, 1.165) is 16.7 Å². The SMILES string of the molecule is COc1ccc(CNC(=O)C(=O)NCc2cccc(C)c2)cc1OC. The minimum atomic E-state index is -0.678. The molecule has 0 heterocycles. The van der Waals surface area contributed by atoms with Crippen LogP contribution < -0.4 is 20.1 Å². The number of ether oxygens (including phenoxy) is 2. The van der Waals surface area contributed by atoms with Gasteiger partial charge in [-0.15, -0.1) is 0 Å². The average molecular weight is 342 g/mol. The van der Waals surface area contributed by atoms with Crippen LogP contribution in [0.1, 0.15) is 16.7 Å². The minimum Gasteiger partial charge on any atom is -0.493 e. The number of aryl methyl sites for hydroxylation is 1. The molecule has 2 amide bonds. The highest BCUT2D eigenvalue weighted by Gasteiger charge is 2.13. The third-order valence-electron chi connectivity index (χ3n) is 3.64. The highest BCUT2D eigenvalue weighted by molar-refractivity contribution is 6.35. The summed E-state index contributed by atoms with van der Waals surface area (Å²) in [5.74, 6) is -0.170. The summed E-state index contributed by atoms with van der Waals surface area (Å²) in [4.78, 5) is 23.8. The average Bonchev–Trinajstić information content (AvgIpc) is 2.63. The Bertz CT molecular complexity index is 759. The van der Waals surface area contributed by atoms with Crippen molar-refractivity contribution in [1.82, 2.24) is 10.6 Å². The fourth-order valence-corrected chi connectivity index (χ4v) is 2.34. The Balaban J connectivity index is 1.86. The van der Waals surface area contributed by atoms with Crippen LogP contribution in [-0.2, 0) is 22.7 Å². The second kappa shape index (κ2) is 8.73. The van der Waals surface area contributed by atoms with Gasteiger partial charge in [-0.2, -0.15) is 0 Å². The molecule has 132 valence electrons. The zero-order valence-corrected chi connectivity index (χ0v) is 14.6. The first-order chi connectivity index (χ1) is 12.0. The Morgan fingerprint density at radius 3 is 2.00 bits per heavy atom. The van der Waals surface area contributed by atoms with Gasteiger partial charge in [0.2, 0.25) is 0 Å². The van der Waals surface area contributed by atoms with Crippen LogP contribution in [0, 0.1) is 6.92 Å². The first kappa shape index (κ1) is 18.3. The molecular weight excluding hydrogens is 320 g/mol. The van der Waals surface area contributed by atoms with Gasteiger partial charge in [0, 0.05) is 13.1 Å². The summed E-state index contributed by atoms with van der Waals surface area (Å²) >= 11 is 0. The third kappa shape index (κ3) is 5.24. The fraction of sp³-hybridized carbons (Fsp3) is 0.263. The molecule has 6 heteroatoms. The van der Waals surface area contributed by atoms with Crippen molar-refractivity contribution in [3.05, 3.63) is 59.2 Å². The maximum Gasteiger partial charge on any atom is 0.309 e. The molecule has 2 rings (SSSR count). The predicted octanol–water partition coefficient (Wildman–Crippen LogP) is 1.94. The second-order valence-electron chi connectivity index (χ2n) is 5.54. The summed E-state index contributed by atoms with van der Waals surface area (Å²) in [7, 11) is 3.09. The lowest BCUT2D eigenvalue weighted by Gasteiger charge is -2.10. The molecule has 0 spiro atoms. The van der Waals surface area contributed by atoms with Gasteiger partial charge in [0.25, 0.3) is 0 Å². The van der Waals surface area contributed by atoms with Crippen molar-refractivity contribution in [3.63, 3.8) is 0 Å². The zero-order chi connectivity index (χ0) is 18.2. The van der Waals surface area contributed by atoms with E-state index in [1.807, 2.05) is 31.2 Å². The van der Waals surface area contributed by atoms with E-state index >= 15 is 0 Å². The molecule has 0 saturated heterocycles. The van der Waals surface area contributed by atoms with Gasteiger partial charge in [-0.05, 0) is 30.2 Å². The molecule has 0 aliphatic carbocycles. The lowest BCUT2D eigenvalue weighted by Crippen LogP contribution is -2.39. The van der Waals surface area contributed by atoms with Crippen molar-refractivity contribution in [2.75, 3.05) is 14.2 Å². The Morgan fingerprint density at radius 2 is 1.44 bits per heavy atom. The molecule has 2 aromatic carbocycles. The van der Waals surface area contributed by atoms with Crippen LogP contribution in [0.3, 0.4) is 0 Å². The molecule has 0 aliphatic heterocycles. The van der Waals surface area contributed by atoms with E-state index in [-0.39, 0.29) is 6.54 Å². The normalized spacial score (nSPS) is 10.0. The van der Waals surface area contributed by atoms with Gasteiger partial charge in [0.15, 0.2) is 11.5 Å². The molecule has 0 saturated carbocycles. The minimum absolute atomic E-state index is 0.219. The van der Waals surface area contributed by atoms with Crippen molar-refractivity contribution < 1.29 is 19.1 Å². The van der Waals surface area contributed by atoms with Crippen LogP contribution in [0.5, 0.6) is 11.5 Å². The van der Waals surface area contributed by atoms with Crippen molar-refractivity contribution in [1.29, 1.82) is 0 Å². The Labute approximate surface area is 147 Å². The summed E-state index contributed by atoms with van der Waals surface area (Å²) in [5.41, 5.74) is 2.85. The van der Waals surface area contributed by atoms with E-state index in [0.29, 0.717) is 18.0 Å². The van der Waals surface area contributed by atoms with Crippen LogP contribution in [0.2, 0.25) is 0 Å². The Hall–Kier alpha value is -3.02. The zero-order valence-electron chi connectivity index (χ0n) is 14.6. The van der Waals surface area contributed by atoms with Gasteiger partial charge in [-0.3, -0.25) is 9.59 Å². The van der Waals surface area contributed by atoms with Gasteiger partial charge in [0.1, 0.15) is 0 Å². The van der Waals surface area contributed by atoms with Crippen molar-refractivity contribution in [3.8, 4) is 11.5 Å². The summed E-state index contributed by atoms with van der Waals surface area (Å²) in [6.07, 6.45) is 0. The molecule has 2 aromatic rings. The van der Waals surface area contributed by atoms with Crippen LogP contribution in [-0.4, -0.2) is 26.0 Å². The Kier molecular flexibility index (Phi) is 6.39. The van der Waals surface area contributed by atoms with E-state index in [1.165, 1.54) is 0 Å². The maximum atomic E-state index is 11.9. The van der Waals surface area contributed by atoms with Gasteiger partial charge < -0.3 is 20.1 Å². The monoisotopic (exact) mass is 342 g/mol. The lowest BCUT2D eigenvalue weighted by molar-refractivity contribution is -0.139. The maximum absolute atomic E-state index is 11.9. The first-order valence-electron chi connectivity index (χ1n) is 7.86. The van der Waals surface area contributed by atoms with E-state index < -0.39 is 11.8 Å². The Morgan fingerprint density at radius 1 is 0.840 bits per heavy atom. The molecule has 0 unspecified atom stereocenters. The first-order valence-corrected chi connectivity index (χ1v) is 7.86. The second-order valence-corrected chi connectivity index (χ2v) is 5.54. The van der Waals surface area contributed by atoms with Gasteiger partial charge in [-0.1, -0.05) is 35.9 Å². The summed E-state index contributed by atoms with van der Waals surface area (Å²) in [5, 5.41) is 5.20. The summed E-state index contributed by atoms with van der Waals surface area (Å²) in [6, 6.07) is 13.0. The van der Waals surface area contributed by atoms with Gasteiger partial charge in [-0.25, -0.2) is 0 Å². The largest absolute Gasteiger partial charge is 0.493 e. The van der Waals surface area contributed by atoms with Crippen LogP contribution >= 0.6 is 0 Å². The van der Waals surface area contributed by atoms with Crippen molar-refractivity contribution >= 4 is 11.8 Å². The molecular formula is C19H22N2O4. The highest BCUT2D eigenvalue weighted by Crippen LogP contribution is 2.27. The standard InChI is InChI=1S/C19H22N2O4/c1-13-5-4-6-14(9-13)11-20-18(22)19(23)21-12-15-7-8-16(24-2)17(10-15)25-3/h4-10H,11-12H2,1-3H3,(H,20,22)(H,21,23). The predicted molar refractivity (Wildman–Crippen MR) is 94.4 cm³/mol. The number of nitrogens with one attached hydrogen (secondary N) is 2. The lowest BCUT2D eigenvalue weighted by atomic mass is 10.1. The van der Waals surface area contributed by atoms with E-state index in [2.05, 4.69) is 10.6 Å². The van der Waals surface area contributed by atoms with E-state index in [1.54, 1.807) is 32.4 Å². The topological polar surface area (TPSA) is 76.7 Å². The molecule has 0 aliphatic rings.